The van der Waals surface area contributed by atoms with Gasteiger partial charge in [0.2, 0.25) is 0 Å². The van der Waals surface area contributed by atoms with Crippen LogP contribution in [-0.2, 0) is 19.8 Å². The second-order valence-electron chi connectivity index (χ2n) is 11.0. The molecule has 0 aliphatic rings. The van der Waals surface area contributed by atoms with Crippen LogP contribution in [-0.4, -0.2) is 42.0 Å². The number of carboxylic acids is 1. The molecule has 0 saturated carbocycles. The van der Waals surface area contributed by atoms with E-state index in [1.54, 1.807) is 38.2 Å². The van der Waals surface area contributed by atoms with Crippen molar-refractivity contribution in [3.63, 3.8) is 0 Å². The smallest absolute Gasteiger partial charge is 0.417 e. The lowest BCUT2D eigenvalue weighted by Crippen LogP contribution is -2.27. The molecule has 0 spiro atoms. The van der Waals surface area contributed by atoms with Crippen LogP contribution >= 0.6 is 22.9 Å². The Bertz CT molecular complexity index is 2410. The standard InChI is InChI=1S/C33H24ClF3N6O4S/c1-15-9-20(30-29(39-15)23(14-48-30)32(45)46)19-10-18(34)5-6-26(19)47-8-7-43-17(3)40-25-11-24(33(35,36)37)27(21(12-38)28(25)31(43)44)22-13-42(4)41-16(22)2/h5-6,9-11,13-14H,7-8H2,1-4H3,(H,45,46). The number of aromatic nitrogens is 5. The summed E-state index contributed by atoms with van der Waals surface area (Å²) in [7, 11) is 1.55. The molecule has 244 valence electrons. The van der Waals surface area contributed by atoms with Gasteiger partial charge in [0.25, 0.3) is 5.56 Å². The fourth-order valence-electron chi connectivity index (χ4n) is 5.79. The van der Waals surface area contributed by atoms with E-state index in [0.29, 0.717) is 37.8 Å². The molecule has 0 unspecified atom stereocenters. The molecule has 2 aromatic carbocycles. The third kappa shape index (κ3) is 5.65. The van der Waals surface area contributed by atoms with Crippen LogP contribution in [0.3, 0.4) is 0 Å². The summed E-state index contributed by atoms with van der Waals surface area (Å²) in [5.74, 6) is -0.589. The molecule has 0 radical (unpaired) electrons. The molecular weight excluding hydrogens is 669 g/mol. The predicted octanol–water partition coefficient (Wildman–Crippen LogP) is 7.32. The number of hydrogen-bond acceptors (Lipinski definition) is 8. The van der Waals surface area contributed by atoms with Crippen molar-refractivity contribution in [3.8, 4) is 34.1 Å². The van der Waals surface area contributed by atoms with Gasteiger partial charge in [-0.25, -0.2) is 9.78 Å². The molecule has 0 amide bonds. The van der Waals surface area contributed by atoms with Gasteiger partial charge in [-0.1, -0.05) is 11.6 Å². The summed E-state index contributed by atoms with van der Waals surface area (Å²) < 4.78 is 52.4. The highest BCUT2D eigenvalue weighted by molar-refractivity contribution is 7.18. The van der Waals surface area contributed by atoms with Crippen LogP contribution in [0.4, 0.5) is 13.2 Å². The van der Waals surface area contributed by atoms with E-state index in [1.807, 2.05) is 6.07 Å². The molecule has 4 aromatic heterocycles. The van der Waals surface area contributed by atoms with Crippen molar-refractivity contribution in [2.24, 2.45) is 7.05 Å². The van der Waals surface area contributed by atoms with Gasteiger partial charge < -0.3 is 9.84 Å². The highest BCUT2D eigenvalue weighted by Gasteiger charge is 2.37. The molecule has 0 fully saturated rings. The SMILES string of the molecule is Cc1cc(-c2cc(Cl)ccc2OCCn2c(C)nc3cc(C(F)(F)F)c(-c4cn(C)nc4C)c(C#N)c3c2=O)c2scc(C(=O)O)c2n1. The molecule has 0 bridgehead atoms. The number of ether oxygens (including phenoxy) is 1. The molecule has 10 nitrogen and oxygen atoms in total. The van der Waals surface area contributed by atoms with Gasteiger partial charge in [0.15, 0.2) is 0 Å². The summed E-state index contributed by atoms with van der Waals surface area (Å²) >= 11 is 7.58. The van der Waals surface area contributed by atoms with Crippen LogP contribution in [0, 0.1) is 32.1 Å². The van der Waals surface area contributed by atoms with Crippen molar-refractivity contribution in [1.29, 1.82) is 5.26 Å². The number of benzene rings is 2. The van der Waals surface area contributed by atoms with Gasteiger partial charge >= 0.3 is 12.1 Å². The molecule has 0 aliphatic heterocycles. The van der Waals surface area contributed by atoms with Crippen molar-refractivity contribution < 1.29 is 27.8 Å². The third-order valence-electron chi connectivity index (χ3n) is 7.82. The van der Waals surface area contributed by atoms with E-state index in [-0.39, 0.29) is 46.7 Å². The fraction of sp³-hybridized carbons (Fsp3) is 0.212. The van der Waals surface area contributed by atoms with Gasteiger partial charge in [-0.3, -0.25) is 19.0 Å². The number of alkyl halides is 3. The van der Waals surface area contributed by atoms with E-state index in [0.717, 1.165) is 6.07 Å². The minimum Gasteiger partial charge on any atom is -0.491 e. The highest BCUT2D eigenvalue weighted by Crippen LogP contribution is 2.43. The number of halogens is 4. The normalized spacial score (nSPS) is 11.7. The lowest BCUT2D eigenvalue weighted by Gasteiger charge is -2.18. The Kier molecular flexibility index (Phi) is 8.22. The monoisotopic (exact) mass is 692 g/mol. The van der Waals surface area contributed by atoms with Gasteiger partial charge in [0.05, 0.1) is 50.0 Å². The summed E-state index contributed by atoms with van der Waals surface area (Å²) in [5, 5.41) is 25.6. The van der Waals surface area contributed by atoms with Crippen LogP contribution in [0.5, 0.6) is 5.75 Å². The van der Waals surface area contributed by atoms with Crippen LogP contribution in [0.2, 0.25) is 5.02 Å². The van der Waals surface area contributed by atoms with E-state index in [4.69, 9.17) is 16.3 Å². The lowest BCUT2D eigenvalue weighted by atomic mass is 9.92. The zero-order valence-corrected chi connectivity index (χ0v) is 27.3. The van der Waals surface area contributed by atoms with Crippen molar-refractivity contribution in [3.05, 3.63) is 91.2 Å². The Hall–Kier alpha value is -5.26. The predicted molar refractivity (Wildman–Crippen MR) is 175 cm³/mol. The molecule has 0 saturated heterocycles. The van der Waals surface area contributed by atoms with Crippen LogP contribution in [0.15, 0.2) is 46.7 Å². The van der Waals surface area contributed by atoms with E-state index in [1.165, 1.54) is 46.0 Å². The third-order valence-corrected chi connectivity index (χ3v) is 9.06. The Balaban J connectivity index is 1.42. The maximum atomic E-state index is 14.3. The van der Waals surface area contributed by atoms with Gasteiger partial charge in [-0.2, -0.15) is 23.5 Å². The number of thiophene rings is 1. The minimum absolute atomic E-state index is 0.0598. The summed E-state index contributed by atoms with van der Waals surface area (Å²) in [6.45, 7) is 4.62. The number of aryl methyl sites for hydroxylation is 4. The first kappa shape index (κ1) is 32.7. The van der Waals surface area contributed by atoms with Gasteiger partial charge in [0.1, 0.15) is 24.3 Å². The average molecular weight is 693 g/mol. The fourth-order valence-corrected chi connectivity index (χ4v) is 6.97. The van der Waals surface area contributed by atoms with E-state index in [9.17, 15) is 33.1 Å². The summed E-state index contributed by atoms with van der Waals surface area (Å²) in [6, 6.07) is 9.38. The maximum Gasteiger partial charge on any atom is 0.417 e. The Labute approximate surface area is 279 Å². The van der Waals surface area contributed by atoms with Crippen molar-refractivity contribution in [1.82, 2.24) is 24.3 Å². The molecule has 0 aliphatic carbocycles. The second-order valence-corrected chi connectivity index (χ2v) is 12.3. The molecular formula is C33H24ClF3N6O4S. The molecule has 1 N–H and O–H groups in total. The Morgan fingerprint density at radius 3 is 2.52 bits per heavy atom. The number of nitriles is 1. The van der Waals surface area contributed by atoms with Crippen LogP contribution < -0.4 is 10.3 Å². The number of aromatic carboxylic acids is 1. The topological polar surface area (TPSA) is 136 Å². The Morgan fingerprint density at radius 2 is 1.88 bits per heavy atom. The molecule has 6 rings (SSSR count). The largest absolute Gasteiger partial charge is 0.491 e. The zero-order valence-electron chi connectivity index (χ0n) is 25.7. The highest BCUT2D eigenvalue weighted by atomic mass is 35.5. The maximum absolute atomic E-state index is 14.3. The summed E-state index contributed by atoms with van der Waals surface area (Å²) in [5.41, 5.74) is -0.367. The quantitative estimate of drug-likeness (QED) is 0.184. The van der Waals surface area contributed by atoms with Gasteiger partial charge in [-0.15, -0.1) is 11.3 Å². The Morgan fingerprint density at radius 1 is 1.12 bits per heavy atom. The zero-order chi connectivity index (χ0) is 34.7. The number of pyridine rings is 1. The first-order valence-corrected chi connectivity index (χ1v) is 15.6. The van der Waals surface area contributed by atoms with E-state index >= 15 is 0 Å². The van der Waals surface area contributed by atoms with Crippen LogP contribution in [0.25, 0.3) is 43.4 Å². The number of carbonyl (C=O) groups is 1. The number of nitrogens with zero attached hydrogens (tertiary/aromatic N) is 6. The van der Waals surface area contributed by atoms with Crippen molar-refractivity contribution in [2.45, 2.75) is 33.5 Å². The molecule has 6 aromatic rings. The second kappa shape index (κ2) is 12.1. The first-order chi connectivity index (χ1) is 22.7. The summed E-state index contributed by atoms with van der Waals surface area (Å²) in [4.78, 5) is 34.5. The van der Waals surface area contributed by atoms with Crippen molar-refractivity contribution in [2.75, 3.05) is 6.61 Å². The average Bonchev–Trinajstić information content (AvgIpc) is 3.59. The number of hydrogen-bond donors (Lipinski definition) is 1. The molecule has 15 heteroatoms. The van der Waals surface area contributed by atoms with Crippen molar-refractivity contribution >= 4 is 50.0 Å². The molecule has 48 heavy (non-hydrogen) atoms. The molecule has 4 heterocycles. The number of rotatable bonds is 7. The first-order valence-electron chi connectivity index (χ1n) is 14.3. The minimum atomic E-state index is -4.84. The lowest BCUT2D eigenvalue weighted by molar-refractivity contribution is -0.137. The van der Waals surface area contributed by atoms with Gasteiger partial charge in [-0.05, 0) is 51.1 Å². The van der Waals surface area contributed by atoms with E-state index < -0.39 is 34.4 Å². The van der Waals surface area contributed by atoms with Gasteiger partial charge in [0, 0.05) is 51.6 Å². The van der Waals surface area contributed by atoms with E-state index in [2.05, 4.69) is 15.1 Å². The molecule has 0 atom stereocenters. The van der Waals surface area contributed by atoms with Crippen LogP contribution in [0.1, 0.15) is 38.7 Å². The number of carboxylic acid groups (broad SMARTS) is 1. The number of fused-ring (bicyclic) bond motifs is 2. The summed E-state index contributed by atoms with van der Waals surface area (Å²) in [6.07, 6.45) is -3.47.